The van der Waals surface area contributed by atoms with Crippen LogP contribution in [0.5, 0.6) is 0 Å². The van der Waals surface area contributed by atoms with Gasteiger partial charge >= 0.3 is 0 Å². The van der Waals surface area contributed by atoms with Crippen LogP contribution in [0, 0.1) is 0 Å². The minimum atomic E-state index is -3.63. The number of nitrogens with one attached hydrogen (secondary N) is 1. The van der Waals surface area contributed by atoms with E-state index in [-0.39, 0.29) is 25.5 Å². The highest BCUT2D eigenvalue weighted by Gasteiger charge is 2.49. The Labute approximate surface area is 184 Å². The molecule has 2 aromatic rings. The van der Waals surface area contributed by atoms with Gasteiger partial charge in [-0.2, -0.15) is 4.31 Å². The summed E-state index contributed by atoms with van der Waals surface area (Å²) >= 11 is 0. The average Bonchev–Trinajstić information content (AvgIpc) is 2.75. The van der Waals surface area contributed by atoms with Crippen LogP contribution in [0.1, 0.15) is 30.5 Å². The van der Waals surface area contributed by atoms with Crippen molar-refractivity contribution in [3.05, 3.63) is 71.3 Å². The third-order valence-corrected chi connectivity index (χ3v) is 6.91. The first kappa shape index (κ1) is 23.0. The van der Waals surface area contributed by atoms with Gasteiger partial charge in [0, 0.05) is 19.6 Å². The van der Waals surface area contributed by atoms with Crippen molar-refractivity contribution in [1.82, 2.24) is 14.5 Å². The van der Waals surface area contributed by atoms with Crippen LogP contribution in [0.25, 0.3) is 0 Å². The van der Waals surface area contributed by atoms with Gasteiger partial charge < -0.3 is 10.2 Å². The largest absolute Gasteiger partial charge is 0.350 e. The number of sulfonamides is 1. The molecule has 1 heterocycles. The van der Waals surface area contributed by atoms with Crippen molar-refractivity contribution in [2.24, 2.45) is 0 Å². The lowest BCUT2D eigenvalue weighted by atomic mass is 9.94. The Hall–Kier alpha value is -2.71. The van der Waals surface area contributed by atoms with Crippen molar-refractivity contribution < 1.29 is 18.0 Å². The van der Waals surface area contributed by atoms with Crippen molar-refractivity contribution in [2.45, 2.75) is 38.9 Å². The first-order chi connectivity index (χ1) is 14.6. The van der Waals surface area contributed by atoms with E-state index >= 15 is 0 Å². The Morgan fingerprint density at radius 1 is 1.03 bits per heavy atom. The SMILES string of the molecule is CCc1ccc(CN2C(=O)CN(S(C)(=O)=O)C[C@@]2(C)C(=O)NCc2ccccc2)cc1. The van der Waals surface area contributed by atoms with E-state index in [0.29, 0.717) is 6.54 Å². The highest BCUT2D eigenvalue weighted by Crippen LogP contribution is 2.27. The van der Waals surface area contributed by atoms with E-state index in [9.17, 15) is 18.0 Å². The molecule has 0 aromatic heterocycles. The maximum atomic E-state index is 13.3. The number of hydrogen-bond acceptors (Lipinski definition) is 4. The van der Waals surface area contributed by atoms with Crippen LogP contribution in [-0.2, 0) is 39.1 Å². The molecule has 1 N–H and O–H groups in total. The van der Waals surface area contributed by atoms with Gasteiger partial charge in [-0.25, -0.2) is 8.42 Å². The van der Waals surface area contributed by atoms with Crippen molar-refractivity contribution in [3.8, 4) is 0 Å². The fourth-order valence-corrected chi connectivity index (χ4v) is 4.55. The molecule has 0 unspecified atom stereocenters. The molecular weight excluding hydrogens is 414 g/mol. The summed E-state index contributed by atoms with van der Waals surface area (Å²) in [5.41, 5.74) is 1.65. The summed E-state index contributed by atoms with van der Waals surface area (Å²) in [7, 11) is -3.63. The predicted octanol–water partition coefficient (Wildman–Crippen LogP) is 1.93. The number of hydrogen-bond donors (Lipinski definition) is 1. The van der Waals surface area contributed by atoms with Crippen LogP contribution in [0.3, 0.4) is 0 Å². The second kappa shape index (κ2) is 9.20. The summed E-state index contributed by atoms with van der Waals surface area (Å²) in [5, 5.41) is 2.88. The van der Waals surface area contributed by atoms with Crippen LogP contribution < -0.4 is 5.32 Å². The zero-order valence-corrected chi connectivity index (χ0v) is 19.0. The summed E-state index contributed by atoms with van der Waals surface area (Å²) < 4.78 is 25.4. The van der Waals surface area contributed by atoms with E-state index in [1.54, 1.807) is 6.92 Å². The Balaban J connectivity index is 1.87. The second-order valence-corrected chi connectivity index (χ2v) is 10.1. The number of benzene rings is 2. The molecule has 0 bridgehead atoms. The molecule has 1 aliphatic heterocycles. The van der Waals surface area contributed by atoms with Gasteiger partial charge in [-0.05, 0) is 30.0 Å². The van der Waals surface area contributed by atoms with Gasteiger partial charge in [0.05, 0.1) is 12.8 Å². The van der Waals surface area contributed by atoms with Crippen LogP contribution in [0.2, 0.25) is 0 Å². The molecule has 1 saturated heterocycles. The topological polar surface area (TPSA) is 86.8 Å². The smallest absolute Gasteiger partial charge is 0.247 e. The monoisotopic (exact) mass is 443 g/mol. The highest BCUT2D eigenvalue weighted by molar-refractivity contribution is 7.88. The molecule has 2 aromatic carbocycles. The van der Waals surface area contributed by atoms with E-state index in [2.05, 4.69) is 12.2 Å². The van der Waals surface area contributed by atoms with Crippen molar-refractivity contribution in [2.75, 3.05) is 19.3 Å². The fourth-order valence-electron chi connectivity index (χ4n) is 3.72. The van der Waals surface area contributed by atoms with Gasteiger partial charge in [0.15, 0.2) is 0 Å². The molecule has 7 nitrogen and oxygen atoms in total. The van der Waals surface area contributed by atoms with Crippen LogP contribution in [0.4, 0.5) is 0 Å². The van der Waals surface area contributed by atoms with Crippen molar-refractivity contribution >= 4 is 21.8 Å². The third kappa shape index (κ3) is 5.32. The van der Waals surface area contributed by atoms with Crippen LogP contribution in [-0.4, -0.2) is 54.3 Å². The third-order valence-electron chi connectivity index (χ3n) is 5.72. The van der Waals surface area contributed by atoms with Gasteiger partial charge in [0.1, 0.15) is 5.54 Å². The number of carbonyl (C=O) groups is 2. The summed E-state index contributed by atoms with van der Waals surface area (Å²) in [6.45, 7) is 3.86. The lowest BCUT2D eigenvalue weighted by Crippen LogP contribution is -2.69. The number of nitrogens with zero attached hydrogens (tertiary/aromatic N) is 2. The Morgan fingerprint density at radius 2 is 1.65 bits per heavy atom. The molecule has 0 aliphatic carbocycles. The molecule has 2 amide bonds. The second-order valence-electron chi connectivity index (χ2n) is 8.12. The molecule has 0 saturated carbocycles. The Bertz CT molecular complexity index is 1040. The molecule has 8 heteroatoms. The van der Waals surface area contributed by atoms with E-state index in [1.807, 2.05) is 54.6 Å². The molecule has 1 atom stereocenters. The van der Waals surface area contributed by atoms with Gasteiger partial charge in [0.2, 0.25) is 21.8 Å². The number of aryl methyl sites for hydroxylation is 1. The van der Waals surface area contributed by atoms with Gasteiger partial charge in [0.25, 0.3) is 0 Å². The van der Waals surface area contributed by atoms with E-state index in [0.717, 1.165) is 28.1 Å². The van der Waals surface area contributed by atoms with Gasteiger partial charge in [-0.15, -0.1) is 0 Å². The summed E-state index contributed by atoms with van der Waals surface area (Å²) in [6.07, 6.45) is 1.97. The van der Waals surface area contributed by atoms with Gasteiger partial charge in [-0.3, -0.25) is 9.59 Å². The Kier molecular flexibility index (Phi) is 6.81. The molecule has 166 valence electrons. The zero-order chi connectivity index (χ0) is 22.6. The lowest BCUT2D eigenvalue weighted by molar-refractivity contribution is -0.153. The summed E-state index contributed by atoms with van der Waals surface area (Å²) in [4.78, 5) is 27.8. The molecule has 0 spiro atoms. The first-order valence-corrected chi connectivity index (χ1v) is 12.1. The van der Waals surface area contributed by atoms with Crippen LogP contribution >= 0.6 is 0 Å². The summed E-state index contributed by atoms with van der Waals surface area (Å²) in [5.74, 6) is -0.781. The van der Waals surface area contributed by atoms with Crippen molar-refractivity contribution in [1.29, 1.82) is 0 Å². The van der Waals surface area contributed by atoms with Crippen molar-refractivity contribution in [3.63, 3.8) is 0 Å². The summed E-state index contributed by atoms with van der Waals surface area (Å²) in [6, 6.07) is 17.3. The molecule has 0 radical (unpaired) electrons. The van der Waals surface area contributed by atoms with Gasteiger partial charge in [-0.1, -0.05) is 61.5 Å². The minimum absolute atomic E-state index is 0.0920. The number of amides is 2. The standard InChI is InChI=1S/C23H29N3O4S/c1-4-18-10-12-20(13-11-18)15-26-21(27)16-25(31(3,29)30)17-23(26,2)22(28)24-14-19-8-6-5-7-9-19/h5-13H,4,14-17H2,1-3H3,(H,24,28)/t23-/m0/s1. The average molecular weight is 444 g/mol. The predicted molar refractivity (Wildman–Crippen MR) is 119 cm³/mol. The quantitative estimate of drug-likeness (QED) is 0.708. The molecular formula is C23H29N3O4S. The molecule has 1 aliphatic rings. The molecule has 1 fully saturated rings. The normalized spacial score (nSPS) is 20.0. The highest BCUT2D eigenvalue weighted by atomic mass is 32.2. The minimum Gasteiger partial charge on any atom is -0.350 e. The van der Waals surface area contributed by atoms with Crippen LogP contribution in [0.15, 0.2) is 54.6 Å². The number of carbonyl (C=O) groups excluding carboxylic acids is 2. The number of piperazine rings is 1. The first-order valence-electron chi connectivity index (χ1n) is 10.3. The van der Waals surface area contributed by atoms with E-state index < -0.39 is 21.5 Å². The zero-order valence-electron chi connectivity index (χ0n) is 18.2. The van der Waals surface area contributed by atoms with E-state index in [4.69, 9.17) is 0 Å². The molecule has 31 heavy (non-hydrogen) atoms. The maximum Gasteiger partial charge on any atom is 0.247 e. The maximum absolute atomic E-state index is 13.3. The number of rotatable bonds is 7. The fraction of sp³-hybridized carbons (Fsp3) is 0.391. The lowest BCUT2D eigenvalue weighted by Gasteiger charge is -2.46. The Morgan fingerprint density at radius 3 is 2.23 bits per heavy atom. The van der Waals surface area contributed by atoms with E-state index in [1.165, 1.54) is 10.5 Å². The molecule has 3 rings (SSSR count).